The zero-order chi connectivity index (χ0) is 18.7. The van der Waals surface area contributed by atoms with Crippen molar-refractivity contribution in [3.63, 3.8) is 0 Å². The van der Waals surface area contributed by atoms with Crippen LogP contribution in [0.2, 0.25) is 0 Å². The summed E-state index contributed by atoms with van der Waals surface area (Å²) in [4.78, 5) is 27.1. The van der Waals surface area contributed by atoms with E-state index in [2.05, 4.69) is 12.2 Å². The zero-order valence-corrected chi connectivity index (χ0v) is 16.5. The molecule has 2 amide bonds. The Bertz CT molecular complexity index is 838. The third-order valence-electron chi connectivity index (χ3n) is 4.93. The molecule has 0 aliphatic carbocycles. The van der Waals surface area contributed by atoms with Crippen molar-refractivity contribution in [1.29, 1.82) is 0 Å². The number of halogens is 1. The number of benzene rings is 2. The molecular formula is C21H26ClN3O2. The average Bonchev–Trinajstić information content (AvgIpc) is 2.63. The van der Waals surface area contributed by atoms with E-state index in [1.165, 1.54) is 6.42 Å². The van der Waals surface area contributed by atoms with Gasteiger partial charge in [-0.15, -0.1) is 12.4 Å². The monoisotopic (exact) mass is 387 g/mol. The first-order valence-electron chi connectivity index (χ1n) is 9.04. The molecule has 0 aromatic heterocycles. The van der Waals surface area contributed by atoms with Gasteiger partial charge in [0.1, 0.15) is 0 Å². The summed E-state index contributed by atoms with van der Waals surface area (Å²) in [5.74, 6) is -0.155. The number of nitrogen functional groups attached to an aromatic ring is 1. The largest absolute Gasteiger partial charge is 0.399 e. The molecule has 1 aliphatic rings. The molecule has 144 valence electrons. The maximum absolute atomic E-state index is 12.8. The molecule has 2 aromatic rings. The van der Waals surface area contributed by atoms with Crippen LogP contribution in [0.15, 0.2) is 42.5 Å². The Kier molecular flexibility index (Phi) is 6.86. The fourth-order valence-electron chi connectivity index (χ4n) is 3.38. The summed E-state index contributed by atoms with van der Waals surface area (Å²) < 4.78 is 0. The summed E-state index contributed by atoms with van der Waals surface area (Å²) in [6.45, 7) is 4.81. The fourth-order valence-corrected chi connectivity index (χ4v) is 3.38. The van der Waals surface area contributed by atoms with Gasteiger partial charge in [0.05, 0.1) is 0 Å². The van der Waals surface area contributed by atoms with Crippen LogP contribution in [0.25, 0.3) is 0 Å². The Hall–Kier alpha value is -2.53. The maximum Gasteiger partial charge on any atom is 0.255 e. The van der Waals surface area contributed by atoms with Crippen molar-refractivity contribution in [2.45, 2.75) is 39.2 Å². The van der Waals surface area contributed by atoms with Gasteiger partial charge in [0, 0.05) is 35.1 Å². The number of carbonyl (C=O) groups is 2. The van der Waals surface area contributed by atoms with Crippen LogP contribution < -0.4 is 11.1 Å². The minimum Gasteiger partial charge on any atom is -0.399 e. The van der Waals surface area contributed by atoms with Gasteiger partial charge in [-0.2, -0.15) is 0 Å². The molecule has 3 N–H and O–H groups in total. The molecule has 0 bridgehead atoms. The molecule has 0 spiro atoms. The summed E-state index contributed by atoms with van der Waals surface area (Å²) in [5.41, 5.74) is 9.01. The minimum absolute atomic E-state index is 0. The number of hydrogen-bond acceptors (Lipinski definition) is 3. The topological polar surface area (TPSA) is 75.4 Å². The molecule has 27 heavy (non-hydrogen) atoms. The lowest BCUT2D eigenvalue weighted by molar-refractivity contribution is 0.0635. The second-order valence-corrected chi connectivity index (χ2v) is 6.95. The number of carbonyl (C=O) groups excluding carboxylic acids is 2. The SMILES string of the molecule is Cc1cc(C(=O)N2CCCCC2C)ccc1NC(=O)c1cccc(N)c1.Cl. The van der Waals surface area contributed by atoms with Gasteiger partial charge < -0.3 is 16.0 Å². The molecule has 1 unspecified atom stereocenters. The van der Waals surface area contributed by atoms with Crippen LogP contribution in [-0.2, 0) is 0 Å². The van der Waals surface area contributed by atoms with Crippen molar-refractivity contribution >= 4 is 35.6 Å². The van der Waals surface area contributed by atoms with Crippen molar-refractivity contribution in [3.05, 3.63) is 59.2 Å². The third kappa shape index (κ3) is 4.80. The number of likely N-dealkylation sites (tertiary alicyclic amines) is 1. The van der Waals surface area contributed by atoms with Gasteiger partial charge in [0.25, 0.3) is 11.8 Å². The average molecular weight is 388 g/mol. The normalized spacial score (nSPS) is 16.4. The Morgan fingerprint density at radius 2 is 1.89 bits per heavy atom. The maximum atomic E-state index is 12.8. The van der Waals surface area contributed by atoms with E-state index in [1.807, 2.05) is 17.9 Å². The second kappa shape index (κ2) is 8.91. The molecular weight excluding hydrogens is 362 g/mol. The molecule has 1 aliphatic heterocycles. The van der Waals surface area contributed by atoms with E-state index in [4.69, 9.17) is 5.73 Å². The van der Waals surface area contributed by atoms with Crippen molar-refractivity contribution in [3.8, 4) is 0 Å². The van der Waals surface area contributed by atoms with E-state index in [0.717, 1.165) is 24.9 Å². The summed E-state index contributed by atoms with van der Waals surface area (Å²) >= 11 is 0. The number of nitrogens with two attached hydrogens (primary N) is 1. The summed E-state index contributed by atoms with van der Waals surface area (Å²) in [6, 6.07) is 12.5. The number of nitrogens with one attached hydrogen (secondary N) is 1. The number of amides is 2. The number of nitrogens with zero attached hydrogens (tertiary/aromatic N) is 1. The van der Waals surface area contributed by atoms with Gasteiger partial charge in [-0.05, 0) is 75.1 Å². The quantitative estimate of drug-likeness (QED) is 0.772. The Morgan fingerprint density at radius 3 is 2.56 bits per heavy atom. The molecule has 1 saturated heterocycles. The van der Waals surface area contributed by atoms with Gasteiger partial charge in [0.2, 0.25) is 0 Å². The number of anilines is 2. The summed E-state index contributed by atoms with van der Waals surface area (Å²) in [6.07, 6.45) is 3.29. The molecule has 3 rings (SSSR count). The predicted octanol–water partition coefficient (Wildman–Crippen LogP) is 4.27. The molecule has 2 aromatic carbocycles. The zero-order valence-electron chi connectivity index (χ0n) is 15.7. The first-order chi connectivity index (χ1) is 12.5. The summed E-state index contributed by atoms with van der Waals surface area (Å²) in [5, 5.41) is 2.89. The Morgan fingerprint density at radius 1 is 1.11 bits per heavy atom. The first-order valence-corrected chi connectivity index (χ1v) is 9.04. The third-order valence-corrected chi connectivity index (χ3v) is 4.93. The van der Waals surface area contributed by atoms with Crippen LogP contribution in [0.3, 0.4) is 0 Å². The molecule has 0 saturated carbocycles. The Labute approximate surface area is 166 Å². The highest BCUT2D eigenvalue weighted by molar-refractivity contribution is 6.05. The fraction of sp³-hybridized carbons (Fsp3) is 0.333. The lowest BCUT2D eigenvalue weighted by atomic mass is 10.0. The van der Waals surface area contributed by atoms with E-state index in [0.29, 0.717) is 22.5 Å². The lowest BCUT2D eigenvalue weighted by Crippen LogP contribution is -2.42. The Balaban J connectivity index is 0.00000261. The smallest absolute Gasteiger partial charge is 0.255 e. The second-order valence-electron chi connectivity index (χ2n) is 6.95. The van der Waals surface area contributed by atoms with E-state index in [9.17, 15) is 9.59 Å². The van der Waals surface area contributed by atoms with Gasteiger partial charge >= 0.3 is 0 Å². The van der Waals surface area contributed by atoms with Crippen LogP contribution in [0, 0.1) is 6.92 Å². The number of piperidine rings is 1. The number of aryl methyl sites for hydroxylation is 1. The highest BCUT2D eigenvalue weighted by Crippen LogP contribution is 2.23. The van der Waals surface area contributed by atoms with Crippen LogP contribution in [-0.4, -0.2) is 29.3 Å². The van der Waals surface area contributed by atoms with E-state index < -0.39 is 0 Å². The first kappa shape index (κ1) is 20.8. The molecule has 0 radical (unpaired) electrons. The number of rotatable bonds is 3. The van der Waals surface area contributed by atoms with Gasteiger partial charge in [-0.1, -0.05) is 6.07 Å². The van der Waals surface area contributed by atoms with E-state index in [-0.39, 0.29) is 30.3 Å². The predicted molar refractivity (Wildman–Crippen MR) is 112 cm³/mol. The van der Waals surface area contributed by atoms with Gasteiger partial charge in [-0.3, -0.25) is 9.59 Å². The molecule has 6 heteroatoms. The van der Waals surface area contributed by atoms with Crippen LogP contribution >= 0.6 is 12.4 Å². The summed E-state index contributed by atoms with van der Waals surface area (Å²) in [7, 11) is 0. The molecule has 1 fully saturated rings. The van der Waals surface area contributed by atoms with Crippen LogP contribution in [0.4, 0.5) is 11.4 Å². The van der Waals surface area contributed by atoms with Crippen molar-refractivity contribution in [1.82, 2.24) is 4.90 Å². The van der Waals surface area contributed by atoms with Crippen molar-refractivity contribution in [2.24, 2.45) is 0 Å². The van der Waals surface area contributed by atoms with Crippen LogP contribution in [0.1, 0.15) is 52.5 Å². The minimum atomic E-state index is -0.218. The van der Waals surface area contributed by atoms with Crippen molar-refractivity contribution < 1.29 is 9.59 Å². The van der Waals surface area contributed by atoms with E-state index in [1.54, 1.807) is 36.4 Å². The highest BCUT2D eigenvalue weighted by atomic mass is 35.5. The molecule has 1 heterocycles. The van der Waals surface area contributed by atoms with Gasteiger partial charge in [0.15, 0.2) is 0 Å². The standard InChI is InChI=1S/C21H25N3O2.ClH/c1-14-12-17(21(26)24-11-4-3-6-15(24)2)9-10-19(14)23-20(25)16-7-5-8-18(22)13-16;/h5,7-10,12-13,15H,3-4,6,11,22H2,1-2H3,(H,23,25);1H. The van der Waals surface area contributed by atoms with Gasteiger partial charge in [-0.25, -0.2) is 0 Å². The molecule has 1 atom stereocenters. The lowest BCUT2D eigenvalue weighted by Gasteiger charge is -2.33. The van der Waals surface area contributed by atoms with Crippen molar-refractivity contribution in [2.75, 3.05) is 17.6 Å². The number of hydrogen-bond donors (Lipinski definition) is 2. The highest BCUT2D eigenvalue weighted by Gasteiger charge is 2.24. The van der Waals surface area contributed by atoms with Crippen LogP contribution in [0.5, 0.6) is 0 Å². The molecule has 5 nitrogen and oxygen atoms in total. The van der Waals surface area contributed by atoms with E-state index >= 15 is 0 Å².